The molecule has 0 aliphatic carbocycles. The van der Waals surface area contributed by atoms with Crippen LogP contribution in [0.25, 0.3) is 21.9 Å². The molecule has 2 aromatic heterocycles. The summed E-state index contributed by atoms with van der Waals surface area (Å²) in [7, 11) is 1.55. The van der Waals surface area contributed by atoms with Crippen LogP contribution in [0.3, 0.4) is 0 Å². The summed E-state index contributed by atoms with van der Waals surface area (Å²) >= 11 is 0. The Labute approximate surface area is 126 Å². The zero-order valence-corrected chi connectivity index (χ0v) is 12.4. The lowest BCUT2D eigenvalue weighted by atomic mass is 9.98. The van der Waals surface area contributed by atoms with E-state index in [0.717, 1.165) is 5.39 Å². The molecule has 0 radical (unpaired) electrons. The van der Waals surface area contributed by atoms with Crippen molar-refractivity contribution in [2.24, 2.45) is 0 Å². The van der Waals surface area contributed by atoms with Gasteiger partial charge in [-0.25, -0.2) is 4.79 Å². The van der Waals surface area contributed by atoms with E-state index in [2.05, 4.69) is 6.58 Å². The van der Waals surface area contributed by atoms with Crippen LogP contribution >= 0.6 is 0 Å². The maximum absolute atomic E-state index is 11.6. The van der Waals surface area contributed by atoms with Gasteiger partial charge < -0.3 is 18.7 Å². The van der Waals surface area contributed by atoms with Gasteiger partial charge in [-0.2, -0.15) is 0 Å². The molecule has 0 aliphatic heterocycles. The number of rotatable bonds is 4. The maximum Gasteiger partial charge on any atom is 0.336 e. The molecule has 1 aromatic carbocycles. The van der Waals surface area contributed by atoms with Gasteiger partial charge in [-0.15, -0.1) is 0 Å². The van der Waals surface area contributed by atoms with E-state index >= 15 is 0 Å². The number of aliphatic hydroxyl groups excluding tert-OH is 1. The third kappa shape index (κ3) is 2.19. The molecule has 0 spiro atoms. The molecule has 1 N–H and O–H groups in total. The summed E-state index contributed by atoms with van der Waals surface area (Å²) in [6.07, 6.45) is 1.03. The molecule has 3 aromatic rings. The van der Waals surface area contributed by atoms with Crippen LogP contribution in [0.5, 0.6) is 5.75 Å². The van der Waals surface area contributed by atoms with Crippen molar-refractivity contribution in [3.05, 3.63) is 52.6 Å². The van der Waals surface area contributed by atoms with E-state index in [9.17, 15) is 9.90 Å². The lowest BCUT2D eigenvalue weighted by Crippen LogP contribution is -2.12. The van der Waals surface area contributed by atoms with Crippen LogP contribution in [-0.2, 0) is 6.42 Å². The minimum absolute atomic E-state index is 0.243. The first-order chi connectivity index (χ1) is 10.5. The van der Waals surface area contributed by atoms with E-state index in [1.165, 1.54) is 6.07 Å². The summed E-state index contributed by atoms with van der Waals surface area (Å²) in [6, 6.07) is 4.79. The Balaban J connectivity index is 2.40. The summed E-state index contributed by atoms with van der Waals surface area (Å²) in [5.74, 6) is 0.580. The Kier molecular flexibility index (Phi) is 3.50. The first-order valence-electron chi connectivity index (χ1n) is 6.86. The van der Waals surface area contributed by atoms with Crippen LogP contribution in [0.4, 0.5) is 0 Å². The molecule has 2 heterocycles. The second-order valence-electron chi connectivity index (χ2n) is 5.24. The van der Waals surface area contributed by atoms with Gasteiger partial charge in [0.15, 0.2) is 0 Å². The number of benzene rings is 1. The van der Waals surface area contributed by atoms with Gasteiger partial charge in [0.25, 0.3) is 0 Å². The molecule has 1 atom stereocenters. The second kappa shape index (κ2) is 5.35. The first-order valence-corrected chi connectivity index (χ1v) is 6.86. The molecule has 0 fully saturated rings. The number of ether oxygens (including phenoxy) is 1. The number of aliphatic hydroxyl groups is 1. The molecular formula is C17H16O5. The predicted octanol–water partition coefficient (Wildman–Crippen LogP) is 3.03. The Morgan fingerprint density at radius 3 is 2.73 bits per heavy atom. The SMILES string of the molecule is C=C(C)C(O)Cc1c2occc2c(OC)c2ccc(=O)oc12. The van der Waals surface area contributed by atoms with E-state index < -0.39 is 11.7 Å². The van der Waals surface area contributed by atoms with E-state index in [4.69, 9.17) is 13.6 Å². The van der Waals surface area contributed by atoms with Gasteiger partial charge in [-0.1, -0.05) is 12.2 Å². The van der Waals surface area contributed by atoms with Crippen molar-refractivity contribution in [1.82, 2.24) is 0 Å². The molecule has 0 aliphatic rings. The molecular weight excluding hydrogens is 284 g/mol. The number of hydrogen-bond donors (Lipinski definition) is 1. The molecule has 5 heteroatoms. The standard InChI is InChI=1S/C17H16O5/c1-9(2)13(18)8-12-16-11(6-7-21-16)15(20-3)10-4-5-14(19)22-17(10)12/h4-7,13,18H,1,8H2,2-3H3. The number of methoxy groups -OCH3 is 1. The molecule has 5 nitrogen and oxygen atoms in total. The monoisotopic (exact) mass is 300 g/mol. The molecule has 22 heavy (non-hydrogen) atoms. The number of furan rings is 1. The van der Waals surface area contributed by atoms with Gasteiger partial charge in [0.1, 0.15) is 16.9 Å². The Hall–Kier alpha value is -2.53. The third-order valence-electron chi connectivity index (χ3n) is 3.71. The average molecular weight is 300 g/mol. The van der Waals surface area contributed by atoms with Gasteiger partial charge in [0.2, 0.25) is 0 Å². The highest BCUT2D eigenvalue weighted by atomic mass is 16.5. The second-order valence-corrected chi connectivity index (χ2v) is 5.24. The summed E-state index contributed by atoms with van der Waals surface area (Å²) in [4.78, 5) is 11.6. The summed E-state index contributed by atoms with van der Waals surface area (Å²) in [5, 5.41) is 11.6. The van der Waals surface area contributed by atoms with Crippen LogP contribution in [0.2, 0.25) is 0 Å². The predicted molar refractivity (Wildman–Crippen MR) is 83.3 cm³/mol. The summed E-state index contributed by atoms with van der Waals surface area (Å²) in [6.45, 7) is 5.49. The Bertz CT molecular complexity index is 916. The highest BCUT2D eigenvalue weighted by molar-refractivity contribution is 6.04. The molecule has 0 saturated heterocycles. The normalized spacial score (nSPS) is 12.7. The van der Waals surface area contributed by atoms with Crippen molar-refractivity contribution in [1.29, 1.82) is 0 Å². The topological polar surface area (TPSA) is 72.8 Å². The fourth-order valence-corrected chi connectivity index (χ4v) is 2.56. The van der Waals surface area contributed by atoms with Crippen molar-refractivity contribution in [2.45, 2.75) is 19.4 Å². The van der Waals surface area contributed by atoms with E-state index in [1.807, 2.05) is 0 Å². The molecule has 114 valence electrons. The maximum atomic E-state index is 11.6. The van der Waals surface area contributed by atoms with E-state index in [-0.39, 0.29) is 6.42 Å². The largest absolute Gasteiger partial charge is 0.495 e. The van der Waals surface area contributed by atoms with Crippen molar-refractivity contribution >= 4 is 21.9 Å². The quantitative estimate of drug-likeness (QED) is 0.592. The highest BCUT2D eigenvalue weighted by Crippen LogP contribution is 2.38. The third-order valence-corrected chi connectivity index (χ3v) is 3.71. The molecule has 1 unspecified atom stereocenters. The van der Waals surface area contributed by atoms with E-state index in [0.29, 0.717) is 33.4 Å². The fraction of sp³-hybridized carbons (Fsp3) is 0.235. The number of fused-ring (bicyclic) bond motifs is 2. The van der Waals surface area contributed by atoms with Crippen LogP contribution in [-0.4, -0.2) is 18.3 Å². The minimum Gasteiger partial charge on any atom is -0.495 e. The summed E-state index contributed by atoms with van der Waals surface area (Å²) < 4.78 is 16.3. The fourth-order valence-electron chi connectivity index (χ4n) is 2.56. The van der Waals surface area contributed by atoms with E-state index in [1.54, 1.807) is 32.4 Å². The lowest BCUT2D eigenvalue weighted by Gasteiger charge is -2.14. The number of hydrogen-bond acceptors (Lipinski definition) is 5. The first kappa shape index (κ1) is 14.4. The Morgan fingerprint density at radius 2 is 2.05 bits per heavy atom. The van der Waals surface area contributed by atoms with Crippen LogP contribution in [0, 0.1) is 0 Å². The van der Waals surface area contributed by atoms with Crippen LogP contribution in [0.15, 0.2) is 50.2 Å². The smallest absolute Gasteiger partial charge is 0.336 e. The van der Waals surface area contributed by atoms with Crippen molar-refractivity contribution in [2.75, 3.05) is 7.11 Å². The zero-order valence-electron chi connectivity index (χ0n) is 12.4. The van der Waals surface area contributed by atoms with Gasteiger partial charge >= 0.3 is 5.63 Å². The van der Waals surface area contributed by atoms with Gasteiger partial charge in [0.05, 0.1) is 30.2 Å². The molecule has 3 rings (SSSR count). The highest BCUT2D eigenvalue weighted by Gasteiger charge is 2.21. The molecule has 0 saturated carbocycles. The van der Waals surface area contributed by atoms with Crippen LogP contribution in [0.1, 0.15) is 12.5 Å². The summed E-state index contributed by atoms with van der Waals surface area (Å²) in [5.41, 5.74) is 1.70. The lowest BCUT2D eigenvalue weighted by molar-refractivity contribution is 0.212. The van der Waals surface area contributed by atoms with Crippen molar-refractivity contribution < 1.29 is 18.7 Å². The molecule has 0 amide bonds. The van der Waals surface area contributed by atoms with Crippen molar-refractivity contribution in [3.8, 4) is 5.75 Å². The van der Waals surface area contributed by atoms with Gasteiger partial charge in [-0.3, -0.25) is 0 Å². The van der Waals surface area contributed by atoms with Crippen LogP contribution < -0.4 is 10.4 Å². The zero-order chi connectivity index (χ0) is 15.9. The Morgan fingerprint density at radius 1 is 1.32 bits per heavy atom. The average Bonchev–Trinajstić information content (AvgIpc) is 2.96. The van der Waals surface area contributed by atoms with Gasteiger partial charge in [-0.05, 0) is 19.1 Å². The van der Waals surface area contributed by atoms with Gasteiger partial charge in [0, 0.05) is 18.1 Å². The molecule has 0 bridgehead atoms. The minimum atomic E-state index is -0.754. The van der Waals surface area contributed by atoms with Crippen molar-refractivity contribution in [3.63, 3.8) is 0 Å².